The third kappa shape index (κ3) is 9.38. The molecule has 1 rings (SSSR count). The highest BCUT2D eigenvalue weighted by Crippen LogP contribution is 2.10. The van der Waals surface area contributed by atoms with Crippen LogP contribution in [0.3, 0.4) is 0 Å². The molecule has 0 amide bonds. The summed E-state index contributed by atoms with van der Waals surface area (Å²) in [6, 6.07) is 3.69. The van der Waals surface area contributed by atoms with Gasteiger partial charge in [-0.3, -0.25) is 9.69 Å². The fourth-order valence-corrected chi connectivity index (χ4v) is 2.04. The zero-order chi connectivity index (χ0) is 17.3. The fraction of sp³-hybridized carbons (Fsp3) is 0.706. The van der Waals surface area contributed by atoms with E-state index in [2.05, 4.69) is 0 Å². The number of hydrogen-bond acceptors (Lipinski definition) is 6. The summed E-state index contributed by atoms with van der Waals surface area (Å²) in [5.74, 6) is 0.551. The Kier molecular flexibility index (Phi) is 8.30. The minimum absolute atomic E-state index is 0.239. The van der Waals surface area contributed by atoms with Gasteiger partial charge in [0.25, 0.3) is 0 Å². The highest BCUT2D eigenvalue weighted by molar-refractivity contribution is 5.69. The van der Waals surface area contributed by atoms with E-state index >= 15 is 0 Å². The van der Waals surface area contributed by atoms with Gasteiger partial charge < -0.3 is 19.0 Å². The Labute approximate surface area is 138 Å². The number of aliphatic hydroxyl groups is 1. The summed E-state index contributed by atoms with van der Waals surface area (Å²) >= 11 is 0. The second-order valence-corrected chi connectivity index (χ2v) is 6.45. The van der Waals surface area contributed by atoms with Crippen LogP contribution in [0.2, 0.25) is 0 Å². The van der Waals surface area contributed by atoms with E-state index in [-0.39, 0.29) is 24.6 Å². The van der Waals surface area contributed by atoms with Crippen LogP contribution in [0.15, 0.2) is 22.8 Å². The first-order valence-corrected chi connectivity index (χ1v) is 8.02. The van der Waals surface area contributed by atoms with Gasteiger partial charge in [0, 0.05) is 13.1 Å². The Hall–Kier alpha value is -1.37. The first-order valence-electron chi connectivity index (χ1n) is 8.02. The van der Waals surface area contributed by atoms with Crippen molar-refractivity contribution in [3.05, 3.63) is 24.2 Å². The Bertz CT molecular complexity index is 438. The first-order chi connectivity index (χ1) is 10.8. The summed E-state index contributed by atoms with van der Waals surface area (Å²) in [7, 11) is 0. The van der Waals surface area contributed by atoms with Crippen molar-refractivity contribution in [3.8, 4) is 0 Å². The number of hydrogen-bond donors (Lipinski definition) is 1. The van der Waals surface area contributed by atoms with Crippen LogP contribution in [-0.4, -0.2) is 54.0 Å². The second-order valence-electron chi connectivity index (χ2n) is 6.45. The molecule has 1 unspecified atom stereocenters. The molecule has 0 bridgehead atoms. The number of carbonyl (C=O) groups is 1. The van der Waals surface area contributed by atoms with Crippen LogP contribution >= 0.6 is 0 Å². The molecule has 1 heterocycles. The summed E-state index contributed by atoms with van der Waals surface area (Å²) < 4.78 is 15.9. The molecule has 0 saturated heterocycles. The monoisotopic (exact) mass is 327 g/mol. The lowest BCUT2D eigenvalue weighted by Crippen LogP contribution is -2.37. The summed E-state index contributed by atoms with van der Waals surface area (Å²) in [5.41, 5.74) is -0.294. The highest BCUT2D eigenvalue weighted by atomic mass is 16.5. The third-order valence-corrected chi connectivity index (χ3v) is 3.07. The summed E-state index contributed by atoms with van der Waals surface area (Å²) in [5, 5.41) is 10.2. The van der Waals surface area contributed by atoms with Crippen LogP contribution in [0, 0.1) is 0 Å². The maximum atomic E-state index is 11.5. The lowest BCUT2D eigenvalue weighted by Gasteiger charge is -2.26. The molecule has 0 aliphatic carbocycles. The molecule has 0 aliphatic heterocycles. The van der Waals surface area contributed by atoms with Crippen LogP contribution in [-0.2, 0) is 20.8 Å². The first kappa shape index (κ1) is 19.7. The Morgan fingerprint density at radius 2 is 2.17 bits per heavy atom. The van der Waals surface area contributed by atoms with Crippen LogP contribution in [0.25, 0.3) is 0 Å². The van der Waals surface area contributed by atoms with Crippen LogP contribution < -0.4 is 0 Å². The number of rotatable bonds is 10. The molecule has 6 nitrogen and oxygen atoms in total. The minimum atomic E-state index is -0.633. The van der Waals surface area contributed by atoms with Gasteiger partial charge in [0.15, 0.2) is 0 Å². The molecule has 1 atom stereocenters. The van der Waals surface area contributed by atoms with E-state index in [9.17, 15) is 9.90 Å². The molecule has 6 heteroatoms. The molecular weight excluding hydrogens is 298 g/mol. The number of nitrogens with zero attached hydrogens (tertiary/aromatic N) is 1. The molecule has 0 aromatic carbocycles. The second kappa shape index (κ2) is 9.70. The minimum Gasteiger partial charge on any atom is -0.468 e. The van der Waals surface area contributed by atoms with E-state index in [4.69, 9.17) is 13.9 Å². The van der Waals surface area contributed by atoms with Gasteiger partial charge in [0.1, 0.15) is 5.76 Å². The van der Waals surface area contributed by atoms with Crippen molar-refractivity contribution >= 4 is 5.97 Å². The van der Waals surface area contributed by atoms with Crippen LogP contribution in [0.5, 0.6) is 0 Å². The van der Waals surface area contributed by atoms with Gasteiger partial charge in [-0.1, -0.05) is 0 Å². The van der Waals surface area contributed by atoms with Crippen molar-refractivity contribution in [1.29, 1.82) is 0 Å². The standard InChI is InChI=1S/C17H29NO5/c1-5-21-16(20)8-9-18(12-15-7-6-10-22-15)11-14(19)13-23-17(2,3)4/h6-7,10,14,19H,5,8-9,11-13H2,1-4H3. The number of furan rings is 1. The molecule has 1 aromatic heterocycles. The molecule has 0 aliphatic rings. The van der Waals surface area contributed by atoms with Gasteiger partial charge in [-0.15, -0.1) is 0 Å². The SMILES string of the molecule is CCOC(=O)CCN(Cc1ccco1)CC(O)COC(C)(C)C. The summed E-state index contributed by atoms with van der Waals surface area (Å²) in [6.07, 6.45) is 1.26. The van der Waals surface area contributed by atoms with Crippen LogP contribution in [0.1, 0.15) is 39.9 Å². The Balaban J connectivity index is 2.50. The maximum absolute atomic E-state index is 11.5. The third-order valence-electron chi connectivity index (χ3n) is 3.07. The zero-order valence-electron chi connectivity index (χ0n) is 14.6. The van der Waals surface area contributed by atoms with Gasteiger partial charge >= 0.3 is 5.97 Å². The van der Waals surface area contributed by atoms with Gasteiger partial charge in [0.2, 0.25) is 0 Å². The lowest BCUT2D eigenvalue weighted by atomic mass is 10.2. The van der Waals surface area contributed by atoms with Gasteiger partial charge in [-0.2, -0.15) is 0 Å². The number of carbonyl (C=O) groups excluding carboxylic acids is 1. The largest absolute Gasteiger partial charge is 0.468 e. The zero-order valence-corrected chi connectivity index (χ0v) is 14.6. The predicted molar refractivity (Wildman–Crippen MR) is 86.9 cm³/mol. The number of ether oxygens (including phenoxy) is 2. The molecule has 0 fully saturated rings. The van der Waals surface area contributed by atoms with E-state index < -0.39 is 6.10 Å². The van der Waals surface area contributed by atoms with Crippen molar-refractivity contribution in [2.24, 2.45) is 0 Å². The predicted octanol–water partition coefficient (Wildman–Crippen LogP) is 2.21. The summed E-state index contributed by atoms with van der Waals surface area (Å²) in [6.45, 7) is 9.66. The van der Waals surface area contributed by atoms with E-state index in [1.54, 1.807) is 13.2 Å². The van der Waals surface area contributed by atoms with E-state index in [1.165, 1.54) is 0 Å². The van der Waals surface area contributed by atoms with Crippen molar-refractivity contribution in [3.63, 3.8) is 0 Å². The Morgan fingerprint density at radius 3 is 2.74 bits per heavy atom. The lowest BCUT2D eigenvalue weighted by molar-refractivity contribution is -0.143. The van der Waals surface area contributed by atoms with Gasteiger partial charge in [0.05, 0.1) is 44.1 Å². The number of aliphatic hydroxyl groups excluding tert-OH is 1. The normalized spacial score (nSPS) is 13.3. The maximum Gasteiger partial charge on any atom is 0.307 e. The van der Waals surface area contributed by atoms with Gasteiger partial charge in [-0.25, -0.2) is 0 Å². The van der Waals surface area contributed by atoms with Crippen LogP contribution in [0.4, 0.5) is 0 Å². The fourth-order valence-electron chi connectivity index (χ4n) is 2.04. The van der Waals surface area contributed by atoms with E-state index in [1.807, 2.05) is 37.8 Å². The Morgan fingerprint density at radius 1 is 1.43 bits per heavy atom. The number of esters is 1. The van der Waals surface area contributed by atoms with E-state index in [0.717, 1.165) is 5.76 Å². The molecule has 0 radical (unpaired) electrons. The molecule has 1 aromatic rings. The molecule has 132 valence electrons. The summed E-state index contributed by atoms with van der Waals surface area (Å²) in [4.78, 5) is 13.5. The van der Waals surface area contributed by atoms with E-state index in [0.29, 0.717) is 26.2 Å². The molecule has 23 heavy (non-hydrogen) atoms. The van der Waals surface area contributed by atoms with Crippen molar-refractivity contribution in [2.45, 2.75) is 52.4 Å². The van der Waals surface area contributed by atoms with Crippen molar-refractivity contribution in [2.75, 3.05) is 26.3 Å². The average Bonchev–Trinajstić information content (AvgIpc) is 2.95. The topological polar surface area (TPSA) is 72.1 Å². The quantitative estimate of drug-likeness (QED) is 0.664. The highest BCUT2D eigenvalue weighted by Gasteiger charge is 2.18. The van der Waals surface area contributed by atoms with Crippen molar-refractivity contribution < 1.29 is 23.8 Å². The molecule has 0 saturated carbocycles. The molecular formula is C17H29NO5. The van der Waals surface area contributed by atoms with Crippen molar-refractivity contribution in [1.82, 2.24) is 4.90 Å². The smallest absolute Gasteiger partial charge is 0.307 e. The molecule has 1 N–H and O–H groups in total. The molecule has 0 spiro atoms. The van der Waals surface area contributed by atoms with Gasteiger partial charge in [-0.05, 0) is 39.8 Å². The average molecular weight is 327 g/mol.